The molecule has 0 saturated carbocycles. The quantitative estimate of drug-likeness (QED) is 0.151. The number of nitrogens with zero attached hydrogens (tertiary/aromatic N) is 2. The molecule has 0 radical (unpaired) electrons. The molecule has 2 heterocycles. The van der Waals surface area contributed by atoms with Crippen molar-refractivity contribution in [3.63, 3.8) is 0 Å². The first-order valence-corrected chi connectivity index (χ1v) is 100. The van der Waals surface area contributed by atoms with Crippen molar-refractivity contribution < 1.29 is 26.5 Å². The summed E-state index contributed by atoms with van der Waals surface area (Å²) in [6, 6.07) is 0.557. The van der Waals surface area contributed by atoms with E-state index in [-0.39, 0.29) is 13.3 Å². The van der Waals surface area contributed by atoms with E-state index in [0.29, 0.717) is 22.3 Å². The van der Waals surface area contributed by atoms with Gasteiger partial charge in [0.15, 0.2) is 0 Å². The van der Waals surface area contributed by atoms with Crippen LogP contribution in [0.1, 0.15) is 30.8 Å². The van der Waals surface area contributed by atoms with Crippen LogP contribution in [0.4, 0.5) is 5.69 Å². The molecule has 0 aliphatic carbocycles. The van der Waals surface area contributed by atoms with E-state index in [1.807, 2.05) is 5.56 Å². The minimum absolute atomic E-state index is 0.260. The van der Waals surface area contributed by atoms with Gasteiger partial charge in [-0.15, -0.1) is 0 Å². The third-order valence-electron chi connectivity index (χ3n) is 4.77. The van der Waals surface area contributed by atoms with Gasteiger partial charge >= 0.3 is 357 Å². The SMILES string of the molecule is Cc1c2c(c(C)n1C)C(I(I)I(I)I)(I(I)I(I)[I-]I)C(I(I)I)(I(I)[I-]I)N(C(C)C)N2. The number of halogens is 18. The van der Waals surface area contributed by atoms with Gasteiger partial charge in [-0.05, 0) is 0 Å². The maximum atomic E-state index is 4.24. The Bertz CT molecular complexity index is 833. The fourth-order valence-electron chi connectivity index (χ4n) is 3.33. The second-order valence-corrected chi connectivity index (χ2v) is 237. The molecule has 1 aromatic rings. The van der Waals surface area contributed by atoms with Crippen LogP contribution in [0, 0.1) is 13.8 Å². The van der Waals surface area contributed by atoms with E-state index in [2.05, 4.69) is 236 Å². The van der Waals surface area contributed by atoms with E-state index in [9.17, 15) is 0 Å². The number of fused-ring (bicyclic) bond motifs is 1. The molecule has 0 bridgehead atoms. The zero-order valence-corrected chi connectivity index (χ0v) is 55.6. The molecule has 208 valence electrons. The van der Waals surface area contributed by atoms with Crippen molar-refractivity contribution in [3.05, 3.63) is 17.0 Å². The van der Waals surface area contributed by atoms with Gasteiger partial charge in [-0.3, -0.25) is 0 Å². The summed E-state index contributed by atoms with van der Waals surface area (Å²) in [5, 5.41) is 2.99. The average molecular weight is 2490 g/mol. The molecule has 1 aliphatic heterocycles. The Balaban J connectivity index is 3.29. The third kappa shape index (κ3) is 8.32. The van der Waals surface area contributed by atoms with Crippen molar-refractivity contribution in [2.24, 2.45) is 7.05 Å². The Morgan fingerprint density at radius 2 is 1.42 bits per heavy atom. The van der Waals surface area contributed by atoms with Crippen LogP contribution in [0.5, 0.6) is 0 Å². The van der Waals surface area contributed by atoms with E-state index >= 15 is 0 Å². The van der Waals surface area contributed by atoms with Crippen molar-refractivity contribution in [2.45, 2.75) is 36.7 Å². The summed E-state index contributed by atoms with van der Waals surface area (Å²) >= 11 is 26.2. The predicted octanol–water partition coefficient (Wildman–Crippen LogP) is 9.88. The molecule has 0 spiro atoms. The van der Waals surface area contributed by atoms with Crippen LogP contribution >= 0.6 is 249 Å². The van der Waals surface area contributed by atoms with Gasteiger partial charge < -0.3 is 0 Å². The summed E-state index contributed by atoms with van der Waals surface area (Å²) in [5.74, 6) is 0. The summed E-state index contributed by atoms with van der Waals surface area (Å²) in [4.78, 5) is 0. The van der Waals surface area contributed by atoms with Gasteiger partial charge in [0.05, 0.1) is 0 Å². The summed E-state index contributed by atoms with van der Waals surface area (Å²) in [6.07, 6.45) is 0. The fourth-order valence-corrected chi connectivity index (χ4v) is 524. The summed E-state index contributed by atoms with van der Waals surface area (Å²) in [6.45, 7) is 9.87. The maximum absolute atomic E-state index is 4.24. The number of rotatable bonds is 9. The molecule has 1 aromatic heterocycles. The Kier molecular flexibility index (Phi) is 23.6. The number of nitrogens with one attached hydrogen (secondary N) is 1. The molecule has 2 unspecified atom stereocenters. The Morgan fingerprint density at radius 1 is 0.879 bits per heavy atom. The number of hydrogen-bond donors (Lipinski definition) is 1. The molecule has 3 nitrogen and oxygen atoms in total. The predicted molar refractivity (Wildman–Crippen MR) is 284 cm³/mol. The molecule has 2 atom stereocenters. The molecular formula is C12H17I18N3-2. The van der Waals surface area contributed by atoms with Crippen molar-refractivity contribution in [1.82, 2.24) is 9.58 Å². The molecule has 0 fully saturated rings. The zero-order chi connectivity index (χ0) is 25.6. The van der Waals surface area contributed by atoms with Crippen molar-refractivity contribution in [2.75, 3.05) is 5.43 Å². The minimum atomic E-state index is -1.32. The molecule has 1 aliphatic rings. The van der Waals surface area contributed by atoms with E-state index in [4.69, 9.17) is 0 Å². The topological polar surface area (TPSA) is 20.2 Å². The van der Waals surface area contributed by atoms with Crippen LogP contribution in [0.2, 0.25) is 0 Å². The molecule has 0 amide bonds. The first kappa shape index (κ1) is 41.4. The van der Waals surface area contributed by atoms with Crippen LogP contribution in [0.15, 0.2) is 0 Å². The molecule has 2 rings (SSSR count). The fraction of sp³-hybridized carbons (Fsp3) is 0.667. The average Bonchev–Trinajstić information content (AvgIpc) is 2.98. The zero-order valence-electron chi connectivity index (χ0n) is 16.8. The first-order chi connectivity index (χ1) is 15.2. The normalized spacial score (nSPS) is 26.2. The monoisotopic (exact) mass is 2490 g/mol. The van der Waals surface area contributed by atoms with Crippen molar-refractivity contribution in [1.29, 1.82) is 0 Å². The van der Waals surface area contributed by atoms with Crippen LogP contribution < -0.4 is 31.9 Å². The van der Waals surface area contributed by atoms with Gasteiger partial charge in [0, 0.05) is 0 Å². The molecule has 33 heavy (non-hydrogen) atoms. The van der Waals surface area contributed by atoms with Gasteiger partial charge in [0.2, 0.25) is 0 Å². The van der Waals surface area contributed by atoms with Crippen LogP contribution in [-0.2, 0) is 8.48 Å². The Hall–Kier alpha value is 12.2. The molecule has 0 aromatic carbocycles. The Labute approximate surface area is 343 Å². The van der Waals surface area contributed by atoms with Crippen molar-refractivity contribution >= 4 is 255 Å². The van der Waals surface area contributed by atoms with Crippen LogP contribution in [-0.4, -0.2) is 17.2 Å². The number of anilines is 1. The number of hydrogen-bond acceptors (Lipinski definition) is 2. The molecule has 1 N–H and O–H groups in total. The number of hydrazine groups is 1. The standard InChI is InChI=1S/C12H17I18N3/c1-6(2)33-12(25(15)16,26(17)23-13)11(27(18)29(20)21,28(19)30(22)24-14)9-7(3)32(5)8(4)10(9)31-33/h6,31H,1-5H3/q-2. The molecular weight excluding hydrogens is 2470 g/mol. The second kappa shape index (κ2) is 18.8. The van der Waals surface area contributed by atoms with Gasteiger partial charge in [-0.2, -0.15) is 0 Å². The summed E-state index contributed by atoms with van der Waals surface area (Å²) < 4.78 is 3.67. The van der Waals surface area contributed by atoms with Gasteiger partial charge in [-0.25, -0.2) is 0 Å². The first-order valence-electron chi connectivity index (χ1n) is 8.01. The van der Waals surface area contributed by atoms with E-state index in [1.54, 1.807) is 11.4 Å². The van der Waals surface area contributed by atoms with Gasteiger partial charge in [0.25, 0.3) is 0 Å². The van der Waals surface area contributed by atoms with Crippen LogP contribution in [0.3, 0.4) is 0 Å². The van der Waals surface area contributed by atoms with Gasteiger partial charge in [-0.1, -0.05) is 0 Å². The van der Waals surface area contributed by atoms with Gasteiger partial charge in [0.1, 0.15) is 0 Å². The van der Waals surface area contributed by atoms with Crippen molar-refractivity contribution in [3.8, 4) is 0 Å². The summed E-state index contributed by atoms with van der Waals surface area (Å²) in [7, 11) is 0.451. The molecule has 21 heteroatoms. The molecule has 0 saturated heterocycles. The number of aromatic nitrogens is 1. The Morgan fingerprint density at radius 3 is 1.82 bits per heavy atom. The van der Waals surface area contributed by atoms with E-state index in [1.165, 1.54) is 5.69 Å². The van der Waals surface area contributed by atoms with E-state index < -0.39 is 63.3 Å². The summed E-state index contributed by atoms with van der Waals surface area (Å²) in [5.41, 5.74) is 10.8. The van der Waals surface area contributed by atoms with E-state index in [0.717, 1.165) is 0 Å². The van der Waals surface area contributed by atoms with Crippen LogP contribution in [0.25, 0.3) is 0 Å². The third-order valence-corrected chi connectivity index (χ3v) is 433. The number of alkyl halides is 4. The second-order valence-electron chi connectivity index (χ2n) is 6.39.